The number of ether oxygens (including phenoxy) is 1. The molecule has 0 radical (unpaired) electrons. The molecule has 1 fully saturated rings. The molecule has 0 N–H and O–H groups in total. The van der Waals surface area contributed by atoms with E-state index in [-0.39, 0.29) is 30.3 Å². The molecule has 1 saturated carbocycles. The topological polar surface area (TPSA) is 67.1 Å². The zero-order valence-electron chi connectivity index (χ0n) is 16.8. The second-order valence-corrected chi connectivity index (χ2v) is 8.50. The molecule has 4 rings (SSSR count). The van der Waals surface area contributed by atoms with Gasteiger partial charge in [0.15, 0.2) is 0 Å². The molecule has 0 saturated heterocycles. The summed E-state index contributed by atoms with van der Waals surface area (Å²) in [5.41, 5.74) is 1.95. The fourth-order valence-corrected chi connectivity index (χ4v) is 4.40. The third-order valence-corrected chi connectivity index (χ3v) is 6.35. The van der Waals surface area contributed by atoms with Crippen LogP contribution in [0.5, 0.6) is 0 Å². The molecule has 29 heavy (non-hydrogen) atoms. The summed E-state index contributed by atoms with van der Waals surface area (Å²) >= 11 is 1.62. The first-order chi connectivity index (χ1) is 14.1. The largest absolute Gasteiger partial charge is 0.383 e. The molecule has 1 atom stereocenters. The van der Waals surface area contributed by atoms with Crippen molar-refractivity contribution in [1.29, 1.82) is 0 Å². The van der Waals surface area contributed by atoms with Crippen LogP contribution in [0.1, 0.15) is 35.9 Å². The van der Waals surface area contributed by atoms with Gasteiger partial charge in [-0.1, -0.05) is 6.07 Å². The predicted molar refractivity (Wildman–Crippen MR) is 112 cm³/mol. The van der Waals surface area contributed by atoms with E-state index in [1.54, 1.807) is 28.4 Å². The van der Waals surface area contributed by atoms with E-state index in [1.165, 1.54) is 0 Å². The lowest BCUT2D eigenvalue weighted by Gasteiger charge is -2.27. The Morgan fingerprint density at radius 1 is 1.31 bits per heavy atom. The van der Waals surface area contributed by atoms with Crippen molar-refractivity contribution in [3.8, 4) is 0 Å². The smallest absolute Gasteiger partial charge is 0.262 e. The SMILES string of the molecule is COCCN(CC(=O)N1N=C(c2cccs2)CC1c1cccn1C)C(=O)C1CC1. The number of carbonyl (C=O) groups is 2. The molecule has 1 aliphatic carbocycles. The summed E-state index contributed by atoms with van der Waals surface area (Å²) in [5, 5.41) is 8.28. The van der Waals surface area contributed by atoms with Gasteiger partial charge in [0.05, 0.1) is 17.2 Å². The van der Waals surface area contributed by atoms with Gasteiger partial charge in [0.25, 0.3) is 5.91 Å². The molecule has 1 aliphatic heterocycles. The Kier molecular flexibility index (Phi) is 5.82. The highest BCUT2D eigenvalue weighted by Crippen LogP contribution is 2.34. The lowest BCUT2D eigenvalue weighted by atomic mass is 10.1. The molecule has 7 nitrogen and oxygen atoms in total. The fourth-order valence-electron chi connectivity index (χ4n) is 3.68. The number of rotatable bonds is 8. The molecule has 2 aliphatic rings. The van der Waals surface area contributed by atoms with Crippen molar-refractivity contribution in [2.45, 2.75) is 25.3 Å². The van der Waals surface area contributed by atoms with E-state index in [0.717, 1.165) is 29.1 Å². The van der Waals surface area contributed by atoms with Crippen LogP contribution in [0, 0.1) is 5.92 Å². The molecule has 2 amide bonds. The van der Waals surface area contributed by atoms with Gasteiger partial charge in [0.2, 0.25) is 5.91 Å². The van der Waals surface area contributed by atoms with Gasteiger partial charge < -0.3 is 14.2 Å². The molecule has 2 aromatic heterocycles. The monoisotopic (exact) mass is 414 g/mol. The second kappa shape index (κ2) is 8.51. The van der Waals surface area contributed by atoms with E-state index < -0.39 is 0 Å². The Labute approximate surface area is 174 Å². The average Bonchev–Trinajstić information content (AvgIpc) is 3.10. The third kappa shape index (κ3) is 4.28. The third-order valence-electron chi connectivity index (χ3n) is 5.43. The number of nitrogens with zero attached hydrogens (tertiary/aromatic N) is 4. The highest BCUT2D eigenvalue weighted by atomic mass is 32.1. The van der Waals surface area contributed by atoms with Crippen LogP contribution >= 0.6 is 11.3 Å². The maximum absolute atomic E-state index is 13.3. The van der Waals surface area contributed by atoms with Crippen LogP contribution in [0.15, 0.2) is 40.9 Å². The van der Waals surface area contributed by atoms with Crippen LogP contribution in [0.25, 0.3) is 0 Å². The van der Waals surface area contributed by atoms with E-state index in [2.05, 4.69) is 0 Å². The number of hydrogen-bond donors (Lipinski definition) is 0. The summed E-state index contributed by atoms with van der Waals surface area (Å²) in [6.07, 6.45) is 4.46. The Balaban J connectivity index is 1.56. The number of carbonyl (C=O) groups excluding carboxylic acids is 2. The van der Waals surface area contributed by atoms with E-state index in [4.69, 9.17) is 9.84 Å². The predicted octanol–water partition coefficient (Wildman–Crippen LogP) is 2.65. The molecule has 3 heterocycles. The van der Waals surface area contributed by atoms with Crippen LogP contribution in [0.3, 0.4) is 0 Å². The summed E-state index contributed by atoms with van der Waals surface area (Å²) in [4.78, 5) is 28.6. The van der Waals surface area contributed by atoms with E-state index >= 15 is 0 Å². The van der Waals surface area contributed by atoms with Crippen LogP contribution < -0.4 is 0 Å². The molecule has 0 bridgehead atoms. The number of thiophene rings is 1. The van der Waals surface area contributed by atoms with Gasteiger partial charge in [-0.25, -0.2) is 5.01 Å². The quantitative estimate of drug-likeness (QED) is 0.667. The van der Waals surface area contributed by atoms with Crippen molar-refractivity contribution < 1.29 is 14.3 Å². The maximum Gasteiger partial charge on any atom is 0.262 e. The van der Waals surface area contributed by atoms with Gasteiger partial charge in [-0.3, -0.25) is 9.59 Å². The van der Waals surface area contributed by atoms with Crippen molar-refractivity contribution in [1.82, 2.24) is 14.5 Å². The van der Waals surface area contributed by atoms with Crippen LogP contribution in [-0.2, 0) is 21.4 Å². The number of hydrogen-bond acceptors (Lipinski definition) is 5. The fraction of sp³-hybridized carbons (Fsp3) is 0.476. The van der Waals surface area contributed by atoms with Crippen LogP contribution in [0.4, 0.5) is 0 Å². The minimum absolute atomic E-state index is 0.0286. The van der Waals surface area contributed by atoms with Gasteiger partial charge in [-0.2, -0.15) is 5.10 Å². The molecular formula is C21H26N4O3S. The Hall–Kier alpha value is -2.45. The number of aryl methyl sites for hydroxylation is 1. The van der Waals surface area contributed by atoms with Crippen molar-refractivity contribution >= 4 is 28.9 Å². The van der Waals surface area contributed by atoms with Gasteiger partial charge in [0.1, 0.15) is 12.6 Å². The van der Waals surface area contributed by atoms with Crippen LogP contribution in [-0.4, -0.2) is 58.8 Å². The summed E-state index contributed by atoms with van der Waals surface area (Å²) in [7, 11) is 3.58. The number of amides is 2. The van der Waals surface area contributed by atoms with E-state index in [9.17, 15) is 9.59 Å². The summed E-state index contributed by atoms with van der Waals surface area (Å²) in [6, 6.07) is 7.85. The van der Waals surface area contributed by atoms with E-state index in [1.807, 2.05) is 47.5 Å². The van der Waals surface area contributed by atoms with Gasteiger partial charge >= 0.3 is 0 Å². The molecule has 2 aromatic rings. The Morgan fingerprint density at radius 2 is 2.14 bits per heavy atom. The highest BCUT2D eigenvalue weighted by molar-refractivity contribution is 7.12. The van der Waals surface area contributed by atoms with E-state index in [0.29, 0.717) is 19.6 Å². The van der Waals surface area contributed by atoms with Gasteiger partial charge in [0, 0.05) is 44.9 Å². The highest BCUT2D eigenvalue weighted by Gasteiger charge is 2.38. The Morgan fingerprint density at radius 3 is 2.76 bits per heavy atom. The molecule has 8 heteroatoms. The van der Waals surface area contributed by atoms with Crippen molar-refractivity contribution in [3.05, 3.63) is 46.4 Å². The molecule has 1 unspecified atom stereocenters. The minimum Gasteiger partial charge on any atom is -0.383 e. The van der Waals surface area contributed by atoms with Crippen molar-refractivity contribution in [3.63, 3.8) is 0 Å². The average molecular weight is 415 g/mol. The summed E-state index contributed by atoms with van der Waals surface area (Å²) in [5.74, 6) is -0.0487. The first-order valence-electron chi connectivity index (χ1n) is 9.91. The second-order valence-electron chi connectivity index (χ2n) is 7.55. The lowest BCUT2D eigenvalue weighted by molar-refractivity contribution is -0.142. The first kappa shape index (κ1) is 19.8. The van der Waals surface area contributed by atoms with Crippen molar-refractivity contribution in [2.75, 3.05) is 26.8 Å². The van der Waals surface area contributed by atoms with Gasteiger partial charge in [-0.15, -0.1) is 11.3 Å². The van der Waals surface area contributed by atoms with Crippen molar-refractivity contribution in [2.24, 2.45) is 18.1 Å². The number of hydrazone groups is 1. The molecule has 0 spiro atoms. The van der Waals surface area contributed by atoms with Gasteiger partial charge in [-0.05, 0) is 36.4 Å². The molecule has 0 aromatic carbocycles. The number of methoxy groups -OCH3 is 1. The van der Waals surface area contributed by atoms with Crippen LogP contribution in [0.2, 0.25) is 0 Å². The standard InChI is InChI=1S/C21H26N4O3S/c1-23-9-3-5-17(23)18-13-16(19-6-4-12-29-19)22-25(18)20(26)14-24(10-11-28-2)21(27)15-7-8-15/h3-6,9,12,15,18H,7-8,10-11,13-14H2,1-2H3. The lowest BCUT2D eigenvalue weighted by Crippen LogP contribution is -2.43. The zero-order chi connectivity index (χ0) is 20.4. The first-order valence-corrected chi connectivity index (χ1v) is 10.8. The Bertz CT molecular complexity index is 901. The normalized spacial score (nSPS) is 18.8. The molecule has 154 valence electrons. The molecular weight excluding hydrogens is 388 g/mol. The summed E-state index contributed by atoms with van der Waals surface area (Å²) in [6.45, 7) is 0.860. The summed E-state index contributed by atoms with van der Waals surface area (Å²) < 4.78 is 7.17. The maximum atomic E-state index is 13.3. The minimum atomic E-state index is -0.167. The number of aromatic nitrogens is 1. The zero-order valence-corrected chi connectivity index (χ0v) is 17.6.